The Labute approximate surface area is 231 Å². The summed E-state index contributed by atoms with van der Waals surface area (Å²) in [6.07, 6.45) is 6.54. The van der Waals surface area contributed by atoms with Crippen molar-refractivity contribution in [2.24, 2.45) is 0 Å². The van der Waals surface area contributed by atoms with Gasteiger partial charge in [-0.2, -0.15) is 5.26 Å². The zero-order valence-electron chi connectivity index (χ0n) is 22.7. The van der Waals surface area contributed by atoms with Crippen molar-refractivity contribution in [3.05, 3.63) is 64.0 Å². The number of hydrogen-bond donors (Lipinski definition) is 1. The quantitative estimate of drug-likeness (QED) is 0.263. The first-order valence-corrected chi connectivity index (χ1v) is 13.3. The Morgan fingerprint density at radius 2 is 2.12 bits per heavy atom. The summed E-state index contributed by atoms with van der Waals surface area (Å²) in [5, 5.41) is 26.2. The van der Waals surface area contributed by atoms with E-state index in [1.807, 2.05) is 25.1 Å². The maximum Gasteiger partial charge on any atom is 0.294 e. The van der Waals surface area contributed by atoms with E-state index in [0.29, 0.717) is 41.0 Å². The molecule has 1 atom stereocenters. The van der Waals surface area contributed by atoms with Crippen LogP contribution in [0.25, 0.3) is 22.2 Å². The number of methoxy groups -OCH3 is 1. The first-order valence-electron chi connectivity index (χ1n) is 13.3. The number of rotatable bonds is 7. The normalized spacial score (nSPS) is 16.4. The fraction of sp³-hybridized carbons (Fsp3) is 0.345. The Hall–Kier alpha value is -4.69. The minimum absolute atomic E-state index is 0.0226. The van der Waals surface area contributed by atoms with Crippen molar-refractivity contribution in [1.82, 2.24) is 19.4 Å². The van der Waals surface area contributed by atoms with E-state index < -0.39 is 0 Å². The number of nitro benzene ring substituents is 1. The molecule has 40 heavy (non-hydrogen) atoms. The molecule has 4 aromatic rings. The van der Waals surface area contributed by atoms with E-state index in [9.17, 15) is 15.4 Å². The molecule has 1 fully saturated rings. The molecule has 2 aromatic heterocycles. The molecule has 204 valence electrons. The van der Waals surface area contributed by atoms with Gasteiger partial charge in [0.05, 0.1) is 40.7 Å². The third-order valence-corrected chi connectivity index (χ3v) is 7.97. The van der Waals surface area contributed by atoms with Gasteiger partial charge >= 0.3 is 0 Å². The van der Waals surface area contributed by atoms with Crippen molar-refractivity contribution < 1.29 is 9.66 Å². The van der Waals surface area contributed by atoms with Crippen LogP contribution < -0.4 is 15.0 Å². The summed E-state index contributed by atoms with van der Waals surface area (Å²) in [5.74, 6) is 0.658. The van der Waals surface area contributed by atoms with Gasteiger partial charge in [0.15, 0.2) is 0 Å². The summed E-state index contributed by atoms with van der Waals surface area (Å²) in [6, 6.07) is 11.9. The maximum atomic E-state index is 12.1. The van der Waals surface area contributed by atoms with Crippen LogP contribution in [0.3, 0.4) is 0 Å². The number of nitrogens with zero attached hydrogens (tertiary/aromatic N) is 7. The monoisotopic (exact) mass is 538 g/mol. The van der Waals surface area contributed by atoms with Crippen LogP contribution in [0, 0.1) is 21.4 Å². The molecule has 1 N–H and O–H groups in total. The van der Waals surface area contributed by atoms with Gasteiger partial charge in [-0.1, -0.05) is 18.2 Å². The van der Waals surface area contributed by atoms with Crippen LogP contribution in [-0.2, 0) is 13.0 Å². The number of aryl methyl sites for hydroxylation is 2. The second kappa shape index (κ2) is 10.1. The molecule has 2 aliphatic rings. The zero-order valence-corrected chi connectivity index (χ0v) is 22.7. The number of nitriles is 1. The third-order valence-electron chi connectivity index (χ3n) is 7.97. The highest BCUT2D eigenvalue weighted by Crippen LogP contribution is 2.41. The molecule has 11 nitrogen and oxygen atoms in total. The zero-order chi connectivity index (χ0) is 28.0. The fourth-order valence-electron chi connectivity index (χ4n) is 5.90. The smallest absolute Gasteiger partial charge is 0.294 e. The number of aromatic nitrogens is 3. The summed E-state index contributed by atoms with van der Waals surface area (Å²) in [6.45, 7) is 2.32. The number of ether oxygens (including phenoxy) is 1. The van der Waals surface area contributed by atoms with Crippen molar-refractivity contribution in [2.45, 2.75) is 31.8 Å². The summed E-state index contributed by atoms with van der Waals surface area (Å²) in [5.41, 5.74) is 5.06. The highest BCUT2D eigenvalue weighted by atomic mass is 16.6. The molecule has 0 saturated carbocycles. The lowest BCUT2D eigenvalue weighted by Gasteiger charge is -2.22. The molecule has 0 radical (unpaired) electrons. The molecule has 1 saturated heterocycles. The first kappa shape index (κ1) is 25.6. The third kappa shape index (κ3) is 4.36. The van der Waals surface area contributed by atoms with Crippen molar-refractivity contribution >= 4 is 33.9 Å². The van der Waals surface area contributed by atoms with Gasteiger partial charge in [-0.3, -0.25) is 10.1 Å². The average molecular weight is 539 g/mol. The van der Waals surface area contributed by atoms with Crippen LogP contribution >= 0.6 is 0 Å². The van der Waals surface area contributed by atoms with Crippen molar-refractivity contribution in [3.8, 4) is 23.1 Å². The highest BCUT2D eigenvalue weighted by molar-refractivity contribution is 5.98. The molecule has 0 aliphatic carbocycles. The van der Waals surface area contributed by atoms with Crippen LogP contribution in [0.15, 0.2) is 42.7 Å². The summed E-state index contributed by atoms with van der Waals surface area (Å²) in [4.78, 5) is 25.0. The van der Waals surface area contributed by atoms with Crippen LogP contribution in [0.5, 0.6) is 5.75 Å². The lowest BCUT2D eigenvalue weighted by Crippen LogP contribution is -2.31. The molecular weight excluding hydrogens is 508 g/mol. The molecule has 4 heterocycles. The number of anilines is 3. The maximum absolute atomic E-state index is 12.1. The number of nitro groups is 1. The largest absolute Gasteiger partial charge is 0.494 e. The topological polar surface area (TPSA) is 125 Å². The van der Waals surface area contributed by atoms with Crippen LogP contribution in [0.2, 0.25) is 0 Å². The predicted octanol–water partition coefficient (Wildman–Crippen LogP) is 4.72. The Balaban J connectivity index is 1.40. The van der Waals surface area contributed by atoms with Crippen molar-refractivity contribution in [1.29, 1.82) is 5.26 Å². The first-order chi connectivity index (χ1) is 19.4. The second-order valence-electron chi connectivity index (χ2n) is 10.5. The van der Waals surface area contributed by atoms with Gasteiger partial charge in [0.2, 0.25) is 5.95 Å². The van der Waals surface area contributed by atoms with Gasteiger partial charge < -0.3 is 24.4 Å². The van der Waals surface area contributed by atoms with Crippen LogP contribution in [0.4, 0.5) is 23.0 Å². The summed E-state index contributed by atoms with van der Waals surface area (Å²) < 4.78 is 7.88. The number of likely N-dealkylation sites (N-methyl/N-ethyl adjacent to an activating group) is 1. The van der Waals surface area contributed by atoms with Gasteiger partial charge in [-0.05, 0) is 38.9 Å². The number of nitrogens with one attached hydrogen (secondary N) is 1. The highest BCUT2D eigenvalue weighted by Gasteiger charge is 2.30. The fourth-order valence-corrected chi connectivity index (χ4v) is 5.90. The predicted molar refractivity (Wildman–Crippen MR) is 153 cm³/mol. The van der Waals surface area contributed by atoms with Crippen molar-refractivity contribution in [2.75, 3.05) is 44.5 Å². The van der Waals surface area contributed by atoms with Crippen LogP contribution in [0.1, 0.15) is 24.0 Å². The SMILES string of the molecule is COc1cc(N2CCC(N(C)C)C2)c([N+](=O)[O-])cc1Nc1ncc(C#N)c(-c2cn3c4c(cccc24)CCC3)n1. The van der Waals surface area contributed by atoms with Crippen LogP contribution in [-0.4, -0.2) is 64.7 Å². The Bertz CT molecular complexity index is 1670. The molecule has 2 aliphatic heterocycles. The minimum atomic E-state index is -0.373. The molecular formula is C29H30N8O3. The Morgan fingerprint density at radius 1 is 1.27 bits per heavy atom. The minimum Gasteiger partial charge on any atom is -0.494 e. The van der Waals surface area contributed by atoms with E-state index in [0.717, 1.165) is 43.3 Å². The molecule has 0 bridgehead atoms. The molecule has 11 heteroatoms. The molecule has 0 spiro atoms. The van der Waals surface area contributed by atoms with E-state index in [2.05, 4.69) is 44.2 Å². The Morgan fingerprint density at radius 3 is 2.85 bits per heavy atom. The van der Waals surface area contributed by atoms with Gasteiger partial charge in [-0.15, -0.1) is 0 Å². The van der Waals surface area contributed by atoms with E-state index in [-0.39, 0.29) is 16.6 Å². The van der Waals surface area contributed by atoms with Gasteiger partial charge in [0.1, 0.15) is 17.5 Å². The molecule has 2 aromatic carbocycles. The Kier molecular flexibility index (Phi) is 6.48. The van der Waals surface area contributed by atoms with Gasteiger partial charge in [-0.25, -0.2) is 9.97 Å². The van der Waals surface area contributed by atoms with E-state index in [1.165, 1.54) is 30.5 Å². The van der Waals surface area contributed by atoms with Gasteiger partial charge in [0, 0.05) is 55.0 Å². The average Bonchev–Trinajstić information content (AvgIpc) is 3.60. The summed E-state index contributed by atoms with van der Waals surface area (Å²) >= 11 is 0. The van der Waals surface area contributed by atoms with Gasteiger partial charge in [0.25, 0.3) is 5.69 Å². The number of para-hydroxylation sites is 1. The number of hydrogen-bond acceptors (Lipinski definition) is 9. The number of benzene rings is 2. The molecule has 1 unspecified atom stereocenters. The molecule has 6 rings (SSSR count). The molecule has 0 amide bonds. The lowest BCUT2D eigenvalue weighted by molar-refractivity contribution is -0.384. The summed E-state index contributed by atoms with van der Waals surface area (Å²) in [7, 11) is 5.57. The van der Waals surface area contributed by atoms with E-state index >= 15 is 0 Å². The second-order valence-corrected chi connectivity index (χ2v) is 10.5. The van der Waals surface area contributed by atoms with E-state index in [1.54, 1.807) is 6.07 Å². The van der Waals surface area contributed by atoms with E-state index in [4.69, 9.17) is 9.72 Å². The lowest BCUT2D eigenvalue weighted by atomic mass is 10.0. The standard InChI is InChI=1S/C29H30N8O3/c1-34(2)20-9-11-35(16-20)24-13-26(40-3)23(12-25(24)37(38)39)32-29-31-15-19(14-30)27(33-29)22-17-36-10-5-7-18-6-4-8-21(22)28(18)36/h4,6,8,12-13,15,17,20H,5,7,9-11,16H2,1-3H3,(H,31,32,33). The van der Waals surface area contributed by atoms with Crippen molar-refractivity contribution in [3.63, 3.8) is 0 Å².